The van der Waals surface area contributed by atoms with Crippen molar-refractivity contribution in [3.63, 3.8) is 0 Å². The van der Waals surface area contributed by atoms with Crippen molar-refractivity contribution in [3.8, 4) is 26.5 Å². The minimum absolute atomic E-state index is 0.358. The van der Waals surface area contributed by atoms with Crippen molar-refractivity contribution in [3.05, 3.63) is 334 Å². The van der Waals surface area contributed by atoms with E-state index in [2.05, 4.69) is 334 Å². The van der Waals surface area contributed by atoms with E-state index in [4.69, 9.17) is 0 Å². The molecule has 11 heteroatoms. The lowest BCUT2D eigenvalue weighted by atomic mass is 10.4. The molecule has 1 aromatic heterocycles. The Labute approximate surface area is 466 Å². The molecular weight excluding hydrogens is 1130 g/mol. The van der Waals surface area contributed by atoms with Crippen LogP contribution in [0, 0.1) is 0 Å². The quantitative estimate of drug-likeness (QED) is 0.113. The molecule has 1 aliphatic rings. The third-order valence-corrected chi connectivity index (χ3v) is 102. The Kier molecular flexibility index (Phi) is 18.1. The van der Waals surface area contributed by atoms with Crippen molar-refractivity contribution in [2.24, 2.45) is 0 Å². The summed E-state index contributed by atoms with van der Waals surface area (Å²) in [5.74, 6) is 0. The van der Waals surface area contributed by atoms with Crippen molar-refractivity contribution in [1.29, 1.82) is 0 Å². The van der Waals surface area contributed by atoms with Gasteiger partial charge < -0.3 is 0 Å². The van der Waals surface area contributed by atoms with Crippen molar-refractivity contribution in [2.45, 2.75) is 0 Å². The van der Waals surface area contributed by atoms with Crippen LogP contribution in [0.2, 0.25) is 0 Å². The first kappa shape index (κ1) is 53.2. The minimum atomic E-state index is -0.486. The molecular formula is C66H55P11. The molecule has 13 rings (SSSR count). The van der Waals surface area contributed by atoms with E-state index in [-0.39, 0.29) is 34.4 Å². The van der Waals surface area contributed by atoms with E-state index in [0.29, 0.717) is 0 Å². The van der Waals surface area contributed by atoms with Gasteiger partial charge in [-0.1, -0.05) is 334 Å². The zero-order valence-electron chi connectivity index (χ0n) is 42.2. The van der Waals surface area contributed by atoms with Gasteiger partial charge in [0.1, 0.15) is 0 Å². The molecule has 0 aliphatic carbocycles. The second-order valence-electron chi connectivity index (χ2n) is 17.9. The molecule has 0 nitrogen and oxygen atoms in total. The van der Waals surface area contributed by atoms with Gasteiger partial charge in [0.2, 0.25) is 0 Å². The zero-order chi connectivity index (χ0) is 51.6. The number of hydrogen-bond acceptors (Lipinski definition) is 0. The lowest BCUT2D eigenvalue weighted by molar-refractivity contribution is 1.76. The monoisotopic (exact) mass is 1190 g/mol. The maximum atomic E-state index is 2.45. The molecule has 0 radical (unpaired) electrons. The SMILES string of the molecule is c1ccc(-p2p(-c3ccccc3)p(-c3ccccc3)p(-c3ccccc3)p2-c2ccccc2)cc1.c1ccc(P2P(c3ccccc3)P(c3ccccc3)P(c3ccccc3)P(c3ccccc3)P2c2ccccc2)cc1. The molecule has 0 unspecified atom stereocenters. The molecule has 0 saturated carbocycles. The lowest BCUT2D eigenvalue weighted by Crippen LogP contribution is -2.18. The zero-order valence-corrected chi connectivity index (χ0v) is 52.0. The molecule has 11 aromatic carbocycles. The third-order valence-electron chi connectivity index (χ3n) is 12.8. The number of rotatable bonds is 11. The van der Waals surface area contributed by atoms with Gasteiger partial charge in [0, 0.05) is 26.5 Å². The second kappa shape index (κ2) is 26.2. The first-order valence-electron chi connectivity index (χ1n) is 25.7. The Balaban J connectivity index is 0.000000157. The van der Waals surface area contributed by atoms with Gasteiger partial charge in [-0.05, 0) is 110 Å². The fourth-order valence-electron chi connectivity index (χ4n) is 9.46. The van der Waals surface area contributed by atoms with Gasteiger partial charge in [0.15, 0.2) is 0 Å². The average molecular weight is 1190 g/mol. The third kappa shape index (κ3) is 11.7. The van der Waals surface area contributed by atoms with E-state index in [1.54, 1.807) is 58.3 Å². The topological polar surface area (TPSA) is 0 Å². The Hall–Kier alpha value is -4.50. The van der Waals surface area contributed by atoms with E-state index >= 15 is 0 Å². The van der Waals surface area contributed by atoms with Crippen LogP contribution in [-0.2, 0) is 0 Å². The summed E-state index contributed by atoms with van der Waals surface area (Å²) in [4.78, 5) is 0. The van der Waals surface area contributed by atoms with Crippen molar-refractivity contribution < 1.29 is 0 Å². The van der Waals surface area contributed by atoms with Crippen LogP contribution in [0.3, 0.4) is 0 Å². The number of hydrogen-bond donors (Lipinski definition) is 0. The van der Waals surface area contributed by atoms with Crippen molar-refractivity contribution >= 4 is 110 Å². The summed E-state index contributed by atoms with van der Waals surface area (Å²) in [6, 6.07) is 127. The molecule has 77 heavy (non-hydrogen) atoms. The Morgan fingerprint density at radius 3 is 0.299 bits per heavy atom. The maximum Gasteiger partial charge on any atom is 0.00633 e. The Bertz CT molecular complexity index is 3090. The van der Waals surface area contributed by atoms with Gasteiger partial charge in [0.05, 0.1) is 0 Å². The first-order chi connectivity index (χ1) is 38.3. The minimum Gasteiger partial charge on any atom is -0.0622 e. The molecule has 374 valence electrons. The van der Waals surface area contributed by atoms with Gasteiger partial charge in [-0.25, -0.2) is 0 Å². The van der Waals surface area contributed by atoms with Crippen LogP contribution < -0.4 is 31.8 Å². The van der Waals surface area contributed by atoms with Crippen LogP contribution in [-0.4, -0.2) is 0 Å². The summed E-state index contributed by atoms with van der Waals surface area (Å²) < 4.78 is 0. The van der Waals surface area contributed by atoms with E-state index in [9.17, 15) is 0 Å². The van der Waals surface area contributed by atoms with Crippen LogP contribution in [0.4, 0.5) is 0 Å². The van der Waals surface area contributed by atoms with E-state index in [1.807, 2.05) is 0 Å². The lowest BCUT2D eigenvalue weighted by Gasteiger charge is -2.53. The summed E-state index contributed by atoms with van der Waals surface area (Å²) in [6.45, 7) is -1.79. The summed E-state index contributed by atoms with van der Waals surface area (Å²) in [5, 5.41) is 17.4. The van der Waals surface area contributed by atoms with Crippen LogP contribution in [0.15, 0.2) is 334 Å². The molecule has 1 saturated heterocycles. The molecule has 1 fully saturated rings. The fraction of sp³-hybridized carbons (Fsp3) is 0. The van der Waals surface area contributed by atoms with Gasteiger partial charge >= 0.3 is 0 Å². The van der Waals surface area contributed by atoms with Crippen molar-refractivity contribution in [1.82, 2.24) is 0 Å². The number of benzene rings is 11. The summed E-state index contributed by atoms with van der Waals surface area (Å²) in [6.07, 6.45) is 0. The fourth-order valence-corrected chi connectivity index (χ4v) is 152. The summed E-state index contributed by atoms with van der Waals surface area (Å²) in [5.41, 5.74) is 0. The average Bonchev–Trinajstić information content (AvgIpc) is 3.92. The standard InChI is InChI=1S/C36H30P6.C30H25P5/c1-7-19-31(20-8-1)37-38(32-21-9-2-10-22-32)40(34-25-13-4-14-26-34)42(36-29-17-6-18-30-36)41(35-27-15-5-16-28-35)39(37)33-23-11-3-12-24-33;1-6-16-26(17-7-1)31-32(27-18-8-2-9-19-27)34(29-22-12-4-13-23-29)35(30-24-14-5-15-25-30)33(31)28-20-10-3-11-21-28/h1-30H;1-25H. The van der Waals surface area contributed by atoms with E-state index in [0.717, 1.165) is 0 Å². The molecule has 0 bridgehead atoms. The maximum absolute atomic E-state index is 2.45. The molecule has 2 heterocycles. The van der Waals surface area contributed by atoms with E-state index in [1.165, 1.54) is 0 Å². The highest BCUT2D eigenvalue weighted by molar-refractivity contribution is 9.13. The molecule has 1 aliphatic heterocycles. The Morgan fingerprint density at radius 2 is 0.195 bits per heavy atom. The van der Waals surface area contributed by atoms with Gasteiger partial charge in [-0.3, -0.25) is 0 Å². The largest absolute Gasteiger partial charge is 0.0622 e. The predicted molar refractivity (Wildman–Crippen MR) is 362 cm³/mol. The molecule has 0 atom stereocenters. The van der Waals surface area contributed by atoms with Crippen LogP contribution in [0.25, 0.3) is 26.5 Å². The van der Waals surface area contributed by atoms with Gasteiger partial charge in [-0.15, -0.1) is 0 Å². The van der Waals surface area contributed by atoms with E-state index < -0.39 is 43.8 Å². The van der Waals surface area contributed by atoms with Gasteiger partial charge in [-0.2, -0.15) is 0 Å². The Morgan fingerprint density at radius 1 is 0.104 bits per heavy atom. The predicted octanol–water partition coefficient (Wildman–Crippen LogP) is 23.0. The normalized spacial score (nSPS) is 19.0. The van der Waals surface area contributed by atoms with Crippen LogP contribution in [0.5, 0.6) is 0 Å². The van der Waals surface area contributed by atoms with Gasteiger partial charge in [0.25, 0.3) is 0 Å². The molecule has 0 spiro atoms. The summed E-state index contributed by atoms with van der Waals surface area (Å²) >= 11 is 0. The van der Waals surface area contributed by atoms with Crippen LogP contribution in [0.1, 0.15) is 0 Å². The van der Waals surface area contributed by atoms with Crippen LogP contribution >= 0.6 is 78.2 Å². The highest BCUT2D eigenvalue weighted by Crippen LogP contribution is 3.18. The smallest absolute Gasteiger partial charge is 0.00633 e. The first-order valence-corrected chi connectivity index (χ1v) is 48.2. The molecule has 0 N–H and O–H groups in total. The highest BCUT2D eigenvalue weighted by atomic mass is 33.0. The summed E-state index contributed by atoms with van der Waals surface area (Å²) in [7, 11) is -2.91. The highest BCUT2D eigenvalue weighted by Gasteiger charge is 2.53. The molecule has 12 aromatic rings. The van der Waals surface area contributed by atoms with Crippen molar-refractivity contribution in [2.75, 3.05) is 0 Å². The molecule has 0 amide bonds. The second-order valence-corrected chi connectivity index (χ2v) is 66.7.